The summed E-state index contributed by atoms with van der Waals surface area (Å²) in [5.41, 5.74) is 8.56. The van der Waals surface area contributed by atoms with E-state index in [2.05, 4.69) is 22.6 Å². The van der Waals surface area contributed by atoms with Crippen LogP contribution in [0.1, 0.15) is 5.56 Å². The third-order valence-corrected chi connectivity index (χ3v) is 3.32. The van der Waals surface area contributed by atoms with E-state index < -0.39 is 0 Å². The number of aryl methyl sites for hydroxylation is 1. The molecule has 0 saturated heterocycles. The summed E-state index contributed by atoms with van der Waals surface area (Å²) < 4.78 is 0. The van der Waals surface area contributed by atoms with Crippen molar-refractivity contribution in [2.24, 2.45) is 0 Å². The van der Waals surface area contributed by atoms with E-state index in [1.54, 1.807) is 18.0 Å². The first kappa shape index (κ1) is 11.8. The van der Waals surface area contributed by atoms with Gasteiger partial charge in [-0.25, -0.2) is 4.98 Å². The van der Waals surface area contributed by atoms with Crippen molar-refractivity contribution < 1.29 is 0 Å². The molecule has 0 bridgehead atoms. The highest BCUT2D eigenvalue weighted by Gasteiger charge is 2.02. The SMILES string of the molecule is CSc1ccccc1Nc1cc(C)c(N)cn1. The number of anilines is 3. The molecule has 0 aliphatic rings. The summed E-state index contributed by atoms with van der Waals surface area (Å²) >= 11 is 1.71. The van der Waals surface area contributed by atoms with Crippen LogP contribution in [0.3, 0.4) is 0 Å². The van der Waals surface area contributed by atoms with E-state index in [0.29, 0.717) is 5.69 Å². The molecule has 0 fully saturated rings. The maximum Gasteiger partial charge on any atom is 0.130 e. The fourth-order valence-electron chi connectivity index (χ4n) is 1.52. The number of benzene rings is 1. The zero-order valence-corrected chi connectivity index (χ0v) is 10.7. The van der Waals surface area contributed by atoms with Crippen molar-refractivity contribution >= 4 is 29.0 Å². The molecular weight excluding hydrogens is 230 g/mol. The van der Waals surface area contributed by atoms with Gasteiger partial charge in [-0.15, -0.1) is 11.8 Å². The summed E-state index contributed by atoms with van der Waals surface area (Å²) in [6, 6.07) is 10.1. The Morgan fingerprint density at radius 1 is 1.29 bits per heavy atom. The van der Waals surface area contributed by atoms with E-state index >= 15 is 0 Å². The molecule has 0 saturated carbocycles. The fraction of sp³-hybridized carbons (Fsp3) is 0.154. The maximum absolute atomic E-state index is 5.74. The summed E-state index contributed by atoms with van der Waals surface area (Å²) in [5.74, 6) is 0.818. The van der Waals surface area contributed by atoms with Crippen molar-refractivity contribution in [1.29, 1.82) is 0 Å². The van der Waals surface area contributed by atoms with Gasteiger partial charge >= 0.3 is 0 Å². The summed E-state index contributed by atoms with van der Waals surface area (Å²) in [6.45, 7) is 1.97. The first-order valence-corrected chi connectivity index (χ1v) is 6.55. The lowest BCUT2D eigenvalue weighted by molar-refractivity contribution is 1.26. The number of nitrogens with one attached hydrogen (secondary N) is 1. The number of nitrogens with two attached hydrogens (primary N) is 1. The van der Waals surface area contributed by atoms with Gasteiger partial charge in [-0.2, -0.15) is 0 Å². The van der Waals surface area contributed by atoms with Crippen LogP contribution in [0, 0.1) is 6.92 Å². The van der Waals surface area contributed by atoms with Gasteiger partial charge in [0.15, 0.2) is 0 Å². The minimum atomic E-state index is 0.716. The topological polar surface area (TPSA) is 50.9 Å². The molecule has 2 aromatic rings. The molecule has 0 radical (unpaired) electrons. The number of nitrogens with zero attached hydrogens (tertiary/aromatic N) is 1. The number of hydrogen-bond donors (Lipinski definition) is 2. The second-order valence-corrected chi connectivity index (χ2v) is 4.60. The number of hydrogen-bond acceptors (Lipinski definition) is 4. The molecular formula is C13H15N3S. The molecule has 3 N–H and O–H groups in total. The molecule has 17 heavy (non-hydrogen) atoms. The van der Waals surface area contributed by atoms with E-state index in [4.69, 9.17) is 5.73 Å². The van der Waals surface area contributed by atoms with E-state index in [-0.39, 0.29) is 0 Å². The number of rotatable bonds is 3. The third kappa shape index (κ3) is 2.71. The lowest BCUT2D eigenvalue weighted by Crippen LogP contribution is -1.98. The molecule has 2 rings (SSSR count). The molecule has 3 nitrogen and oxygen atoms in total. The predicted molar refractivity (Wildman–Crippen MR) is 74.9 cm³/mol. The van der Waals surface area contributed by atoms with Crippen LogP contribution in [-0.2, 0) is 0 Å². The van der Waals surface area contributed by atoms with Crippen LogP contribution in [0.5, 0.6) is 0 Å². The van der Waals surface area contributed by atoms with Gasteiger partial charge in [0.25, 0.3) is 0 Å². The number of pyridine rings is 1. The molecule has 88 valence electrons. The number of aromatic nitrogens is 1. The summed E-state index contributed by atoms with van der Waals surface area (Å²) in [6.07, 6.45) is 3.74. The predicted octanol–water partition coefficient (Wildman–Crippen LogP) is 3.44. The largest absolute Gasteiger partial charge is 0.397 e. The average molecular weight is 245 g/mol. The van der Waals surface area contributed by atoms with Crippen LogP contribution >= 0.6 is 11.8 Å². The van der Waals surface area contributed by atoms with E-state index in [0.717, 1.165) is 17.1 Å². The minimum absolute atomic E-state index is 0.716. The van der Waals surface area contributed by atoms with Gasteiger partial charge in [0.1, 0.15) is 5.82 Å². The Morgan fingerprint density at radius 2 is 2.06 bits per heavy atom. The zero-order valence-electron chi connectivity index (χ0n) is 9.90. The van der Waals surface area contributed by atoms with Gasteiger partial charge in [-0.05, 0) is 36.9 Å². The highest BCUT2D eigenvalue weighted by Crippen LogP contribution is 2.27. The van der Waals surface area contributed by atoms with Crippen LogP contribution in [-0.4, -0.2) is 11.2 Å². The van der Waals surface area contributed by atoms with Gasteiger partial charge in [0.2, 0.25) is 0 Å². The van der Waals surface area contributed by atoms with Crippen LogP contribution in [0.4, 0.5) is 17.2 Å². The first-order chi connectivity index (χ1) is 8.20. The zero-order chi connectivity index (χ0) is 12.3. The van der Waals surface area contributed by atoms with Crippen molar-refractivity contribution in [3.8, 4) is 0 Å². The van der Waals surface area contributed by atoms with Crippen molar-refractivity contribution in [1.82, 2.24) is 4.98 Å². The Bertz CT molecular complexity index is 526. The van der Waals surface area contributed by atoms with Gasteiger partial charge in [-0.1, -0.05) is 12.1 Å². The van der Waals surface area contributed by atoms with E-state index in [1.165, 1.54) is 4.90 Å². The fourth-order valence-corrected chi connectivity index (χ4v) is 2.07. The molecule has 0 aliphatic heterocycles. The molecule has 1 aromatic carbocycles. The second-order valence-electron chi connectivity index (χ2n) is 3.75. The quantitative estimate of drug-likeness (QED) is 0.813. The van der Waals surface area contributed by atoms with Crippen molar-refractivity contribution in [2.75, 3.05) is 17.3 Å². The van der Waals surface area contributed by atoms with Crippen LogP contribution in [0.25, 0.3) is 0 Å². The Hall–Kier alpha value is -1.68. The summed E-state index contributed by atoms with van der Waals surface area (Å²) in [4.78, 5) is 5.46. The van der Waals surface area contributed by atoms with Gasteiger partial charge < -0.3 is 11.1 Å². The molecule has 0 atom stereocenters. The van der Waals surface area contributed by atoms with E-state index in [9.17, 15) is 0 Å². The Balaban J connectivity index is 2.28. The number of nitrogen functional groups attached to an aromatic ring is 1. The van der Waals surface area contributed by atoms with Crippen molar-refractivity contribution in [2.45, 2.75) is 11.8 Å². The highest BCUT2D eigenvalue weighted by molar-refractivity contribution is 7.98. The molecule has 1 heterocycles. The molecule has 4 heteroatoms. The van der Waals surface area contributed by atoms with Gasteiger partial charge in [-0.3, -0.25) is 0 Å². The Kier molecular flexibility index (Phi) is 3.54. The summed E-state index contributed by atoms with van der Waals surface area (Å²) in [7, 11) is 0. The number of para-hydroxylation sites is 1. The molecule has 0 aliphatic carbocycles. The van der Waals surface area contributed by atoms with E-state index in [1.807, 2.05) is 31.2 Å². The maximum atomic E-state index is 5.74. The van der Waals surface area contributed by atoms with Crippen LogP contribution < -0.4 is 11.1 Å². The molecule has 0 unspecified atom stereocenters. The molecule has 0 amide bonds. The van der Waals surface area contributed by atoms with Crippen molar-refractivity contribution in [3.63, 3.8) is 0 Å². The summed E-state index contributed by atoms with van der Waals surface area (Å²) in [5, 5.41) is 3.30. The second kappa shape index (κ2) is 5.10. The normalized spacial score (nSPS) is 10.2. The molecule has 1 aromatic heterocycles. The first-order valence-electron chi connectivity index (χ1n) is 5.33. The lowest BCUT2D eigenvalue weighted by atomic mass is 10.2. The average Bonchev–Trinajstić information content (AvgIpc) is 2.34. The third-order valence-electron chi connectivity index (χ3n) is 2.52. The van der Waals surface area contributed by atoms with Gasteiger partial charge in [0.05, 0.1) is 17.6 Å². The minimum Gasteiger partial charge on any atom is -0.397 e. The Morgan fingerprint density at radius 3 is 2.76 bits per heavy atom. The number of thioether (sulfide) groups is 1. The standard InChI is InChI=1S/C13H15N3S/c1-9-7-13(15-8-10(9)14)16-11-5-3-4-6-12(11)17-2/h3-8H,14H2,1-2H3,(H,15,16). The van der Waals surface area contributed by atoms with Crippen LogP contribution in [0.15, 0.2) is 41.4 Å². The monoisotopic (exact) mass is 245 g/mol. The lowest BCUT2D eigenvalue weighted by Gasteiger charge is -2.10. The van der Waals surface area contributed by atoms with Gasteiger partial charge in [0, 0.05) is 4.90 Å². The Labute approximate surface area is 105 Å². The van der Waals surface area contributed by atoms with Crippen molar-refractivity contribution in [3.05, 3.63) is 42.1 Å². The smallest absolute Gasteiger partial charge is 0.130 e. The van der Waals surface area contributed by atoms with Crippen LogP contribution in [0.2, 0.25) is 0 Å². The molecule has 0 spiro atoms. The highest BCUT2D eigenvalue weighted by atomic mass is 32.2.